The van der Waals surface area contributed by atoms with Crippen LogP contribution >= 0.6 is 0 Å². The van der Waals surface area contributed by atoms with Crippen molar-refractivity contribution in [1.82, 2.24) is 4.98 Å². The highest BCUT2D eigenvalue weighted by atomic mass is 28.3. The first-order valence-corrected chi connectivity index (χ1v) is 14.2. The van der Waals surface area contributed by atoms with E-state index in [2.05, 4.69) is 67.3 Å². The van der Waals surface area contributed by atoms with Crippen LogP contribution in [0.5, 0.6) is 0 Å². The number of hydrogen-bond donors (Lipinski definition) is 1. The Morgan fingerprint density at radius 2 is 1.48 bits per heavy atom. The van der Waals surface area contributed by atoms with Gasteiger partial charge in [-0.2, -0.15) is 0 Å². The molecular formula is C24H49NOSi. The Kier molecular flexibility index (Phi) is 7.70. The van der Waals surface area contributed by atoms with E-state index in [0.29, 0.717) is 0 Å². The molecule has 2 fully saturated rings. The van der Waals surface area contributed by atoms with Crippen molar-refractivity contribution < 1.29 is 4.74 Å². The third kappa shape index (κ3) is 6.06. The molecule has 0 aromatic rings. The van der Waals surface area contributed by atoms with Gasteiger partial charge in [-0.1, -0.05) is 52.9 Å². The first kappa shape index (κ1) is 23.4. The summed E-state index contributed by atoms with van der Waals surface area (Å²) in [4.78, 5) is 4.40. The Morgan fingerprint density at radius 3 is 1.93 bits per heavy atom. The molecule has 5 unspecified atom stereocenters. The summed E-state index contributed by atoms with van der Waals surface area (Å²) in [6.07, 6.45) is 8.68. The second-order valence-corrected chi connectivity index (χ2v) is 16.4. The SMILES string of the molecule is CC1CC([Si](CCOC(C)(C)C)(NC(C)(C)C)C2CCCCC2)C(C)C1C. The number of nitrogens with one attached hydrogen (secondary N) is 1. The van der Waals surface area contributed by atoms with Crippen molar-refractivity contribution in [2.75, 3.05) is 6.61 Å². The van der Waals surface area contributed by atoms with Gasteiger partial charge in [0, 0.05) is 12.1 Å². The van der Waals surface area contributed by atoms with Crippen molar-refractivity contribution in [3.63, 3.8) is 0 Å². The normalized spacial score (nSPS) is 33.2. The lowest BCUT2D eigenvalue weighted by Crippen LogP contribution is -2.65. The van der Waals surface area contributed by atoms with E-state index in [0.717, 1.165) is 35.4 Å². The minimum absolute atomic E-state index is 0.0314. The van der Waals surface area contributed by atoms with Gasteiger partial charge >= 0.3 is 0 Å². The fourth-order valence-corrected chi connectivity index (χ4v) is 13.4. The molecule has 2 aliphatic rings. The molecule has 0 spiro atoms. The zero-order valence-corrected chi connectivity index (χ0v) is 21.0. The van der Waals surface area contributed by atoms with E-state index >= 15 is 0 Å². The molecular weight excluding hydrogens is 346 g/mol. The monoisotopic (exact) mass is 395 g/mol. The van der Waals surface area contributed by atoms with Crippen LogP contribution in [0, 0.1) is 17.8 Å². The van der Waals surface area contributed by atoms with Gasteiger partial charge in [-0.05, 0) is 82.8 Å². The minimum Gasteiger partial charge on any atom is -0.376 e. The summed E-state index contributed by atoms with van der Waals surface area (Å²) in [5, 5.41) is 0. The van der Waals surface area contributed by atoms with Crippen LogP contribution in [0.1, 0.15) is 101 Å². The third-order valence-electron chi connectivity index (χ3n) is 7.64. The molecule has 0 aromatic carbocycles. The van der Waals surface area contributed by atoms with E-state index in [1.54, 1.807) is 0 Å². The Labute approximate surface area is 171 Å². The van der Waals surface area contributed by atoms with Crippen molar-refractivity contribution >= 4 is 8.24 Å². The minimum atomic E-state index is -1.72. The van der Waals surface area contributed by atoms with Gasteiger partial charge in [-0.3, -0.25) is 0 Å². The fourth-order valence-electron chi connectivity index (χ4n) is 6.19. The lowest BCUT2D eigenvalue weighted by molar-refractivity contribution is 0.00423. The number of rotatable bonds is 6. The fraction of sp³-hybridized carbons (Fsp3) is 1.00. The van der Waals surface area contributed by atoms with Crippen LogP contribution in [0.3, 0.4) is 0 Å². The molecule has 2 nitrogen and oxygen atoms in total. The van der Waals surface area contributed by atoms with Crippen LogP contribution < -0.4 is 4.98 Å². The molecule has 27 heavy (non-hydrogen) atoms. The highest BCUT2D eigenvalue weighted by molar-refractivity contribution is 6.80. The van der Waals surface area contributed by atoms with Gasteiger partial charge in [0.05, 0.1) is 5.60 Å². The molecule has 1 N–H and O–H groups in total. The van der Waals surface area contributed by atoms with Gasteiger partial charge in [0.15, 0.2) is 0 Å². The summed E-state index contributed by atoms with van der Waals surface area (Å²) in [5.74, 6) is 2.57. The van der Waals surface area contributed by atoms with Gasteiger partial charge in [-0.25, -0.2) is 0 Å². The Morgan fingerprint density at radius 1 is 0.889 bits per heavy atom. The average molecular weight is 396 g/mol. The lowest BCUT2D eigenvalue weighted by atomic mass is 9.94. The van der Waals surface area contributed by atoms with Gasteiger partial charge in [0.2, 0.25) is 0 Å². The molecule has 3 heteroatoms. The van der Waals surface area contributed by atoms with Crippen molar-refractivity contribution in [1.29, 1.82) is 0 Å². The van der Waals surface area contributed by atoms with E-state index < -0.39 is 8.24 Å². The summed E-state index contributed by atoms with van der Waals surface area (Å²) in [5.41, 5.74) is 1.99. The molecule has 2 rings (SSSR count). The maximum absolute atomic E-state index is 6.33. The highest BCUT2D eigenvalue weighted by Gasteiger charge is 2.54. The second-order valence-electron chi connectivity index (χ2n) is 12.0. The van der Waals surface area contributed by atoms with Crippen LogP contribution in [0.2, 0.25) is 17.1 Å². The van der Waals surface area contributed by atoms with E-state index in [-0.39, 0.29) is 11.1 Å². The highest BCUT2D eigenvalue weighted by Crippen LogP contribution is 2.56. The average Bonchev–Trinajstić information content (AvgIpc) is 2.80. The first-order chi connectivity index (χ1) is 12.4. The molecule has 160 valence electrons. The Bertz CT molecular complexity index is 460. The molecule has 5 atom stereocenters. The van der Waals surface area contributed by atoms with E-state index in [4.69, 9.17) is 4.74 Å². The van der Waals surface area contributed by atoms with Crippen LogP contribution in [-0.2, 0) is 4.74 Å². The molecule has 0 aliphatic heterocycles. The largest absolute Gasteiger partial charge is 0.376 e. The molecule has 0 bridgehead atoms. The molecule has 2 aliphatic carbocycles. The molecule has 2 saturated carbocycles. The molecule has 0 radical (unpaired) electrons. The number of hydrogen-bond acceptors (Lipinski definition) is 2. The van der Waals surface area contributed by atoms with E-state index in [1.165, 1.54) is 44.6 Å². The summed E-state index contributed by atoms with van der Waals surface area (Å²) in [6, 6.07) is 1.29. The standard InChI is InChI=1S/C24H49NOSi/c1-18-17-22(20(3)19(18)2)27(25-23(4,5)6,16-15-26-24(7,8)9)21-13-11-10-12-14-21/h18-22,25H,10-17H2,1-9H3. The zero-order valence-electron chi connectivity index (χ0n) is 20.0. The lowest BCUT2D eigenvalue weighted by Gasteiger charge is -2.51. The smallest absolute Gasteiger partial charge is 0.134 e. The van der Waals surface area contributed by atoms with Crippen LogP contribution in [0.15, 0.2) is 0 Å². The van der Waals surface area contributed by atoms with Gasteiger partial charge in [-0.15, -0.1) is 0 Å². The van der Waals surface area contributed by atoms with E-state index in [9.17, 15) is 0 Å². The molecule has 0 saturated heterocycles. The van der Waals surface area contributed by atoms with Crippen LogP contribution in [0.4, 0.5) is 0 Å². The van der Waals surface area contributed by atoms with Gasteiger partial charge in [0.25, 0.3) is 0 Å². The maximum Gasteiger partial charge on any atom is 0.134 e. The number of ether oxygens (including phenoxy) is 1. The van der Waals surface area contributed by atoms with Crippen LogP contribution in [-0.4, -0.2) is 26.0 Å². The summed E-state index contributed by atoms with van der Waals surface area (Å²) in [7, 11) is -1.72. The van der Waals surface area contributed by atoms with E-state index in [1.807, 2.05) is 0 Å². The third-order valence-corrected chi connectivity index (χ3v) is 14.0. The quantitative estimate of drug-likeness (QED) is 0.482. The predicted octanol–water partition coefficient (Wildman–Crippen LogP) is 7.15. The maximum atomic E-state index is 6.33. The molecule has 0 aromatic heterocycles. The Balaban J connectivity index is 2.37. The van der Waals surface area contributed by atoms with Crippen molar-refractivity contribution in [2.45, 2.75) is 129 Å². The Hall–Kier alpha value is 0.137. The molecule has 0 heterocycles. The summed E-state index contributed by atoms with van der Waals surface area (Å²) >= 11 is 0. The molecule has 0 amide bonds. The predicted molar refractivity (Wildman–Crippen MR) is 122 cm³/mol. The van der Waals surface area contributed by atoms with Gasteiger partial charge in [0.1, 0.15) is 8.24 Å². The van der Waals surface area contributed by atoms with Crippen molar-refractivity contribution in [3.8, 4) is 0 Å². The zero-order chi connectivity index (χ0) is 20.5. The first-order valence-electron chi connectivity index (χ1n) is 11.8. The summed E-state index contributed by atoms with van der Waals surface area (Å²) < 4.78 is 6.33. The van der Waals surface area contributed by atoms with Gasteiger partial charge < -0.3 is 9.72 Å². The second kappa shape index (κ2) is 8.88. The van der Waals surface area contributed by atoms with Crippen molar-refractivity contribution in [3.05, 3.63) is 0 Å². The topological polar surface area (TPSA) is 21.3 Å². The summed E-state index contributed by atoms with van der Waals surface area (Å²) in [6.45, 7) is 22.3. The van der Waals surface area contributed by atoms with Crippen LogP contribution in [0.25, 0.3) is 0 Å². The van der Waals surface area contributed by atoms with Crippen molar-refractivity contribution in [2.24, 2.45) is 17.8 Å².